The van der Waals surface area contributed by atoms with E-state index in [0.717, 1.165) is 0 Å². The maximum absolute atomic E-state index is 11.8. The number of hydrogen-bond acceptors (Lipinski definition) is 3. The van der Waals surface area contributed by atoms with Gasteiger partial charge in [0.25, 0.3) is 0 Å². The van der Waals surface area contributed by atoms with Gasteiger partial charge in [-0.25, -0.2) is 0 Å². The van der Waals surface area contributed by atoms with Crippen LogP contribution in [0, 0.1) is 0 Å². The van der Waals surface area contributed by atoms with Crippen molar-refractivity contribution in [2.24, 2.45) is 4.40 Å². The van der Waals surface area contributed by atoms with Crippen molar-refractivity contribution < 1.29 is 9.29 Å². The largest absolute Gasteiger partial charge is 0.591 e. The fourth-order valence-electron chi connectivity index (χ4n) is 1.08. The summed E-state index contributed by atoms with van der Waals surface area (Å²) in [5, 5.41) is 0.527. The highest BCUT2D eigenvalue weighted by Gasteiger charge is 2.26. The van der Waals surface area contributed by atoms with E-state index in [1.54, 1.807) is 25.3 Å². The Morgan fingerprint density at radius 1 is 1.41 bits per heavy atom. The maximum Gasteiger partial charge on any atom is 0.144 e. The van der Waals surface area contributed by atoms with E-state index < -0.39 is 11.4 Å². The normalized spacial score (nSPS) is 14.0. The first-order valence-corrected chi connectivity index (χ1v) is 6.63. The Morgan fingerprint density at radius 2 is 2.06 bits per heavy atom. The predicted molar refractivity (Wildman–Crippen MR) is 73.5 cm³/mol. The molecule has 5 heteroatoms. The van der Waals surface area contributed by atoms with Gasteiger partial charge in [0.15, 0.2) is 0 Å². The molecule has 0 aliphatic carbocycles. The Kier molecular flexibility index (Phi) is 4.86. The van der Waals surface area contributed by atoms with Crippen LogP contribution in [0.3, 0.4) is 0 Å². The first-order valence-electron chi connectivity index (χ1n) is 5.15. The van der Waals surface area contributed by atoms with Crippen LogP contribution in [0.4, 0.5) is 0 Å². The van der Waals surface area contributed by atoms with Crippen LogP contribution in [0.5, 0.6) is 5.75 Å². The van der Waals surface area contributed by atoms with Crippen LogP contribution in [-0.2, 0) is 11.4 Å². The summed E-state index contributed by atoms with van der Waals surface area (Å²) in [5.41, 5.74) is 0.647. The van der Waals surface area contributed by atoms with Crippen LogP contribution in [0.15, 0.2) is 22.6 Å². The number of methoxy groups -OCH3 is 1. The molecule has 0 bridgehead atoms. The lowest BCUT2D eigenvalue weighted by atomic mass is 10.2. The molecule has 0 aromatic heterocycles. The molecule has 1 atom stereocenters. The highest BCUT2D eigenvalue weighted by molar-refractivity contribution is 7.91. The zero-order chi connectivity index (χ0) is 13.1. The fourth-order valence-corrected chi connectivity index (χ4v) is 1.81. The minimum absolute atomic E-state index is 0.384. The summed E-state index contributed by atoms with van der Waals surface area (Å²) in [6.45, 7) is 5.60. The molecule has 0 fully saturated rings. The van der Waals surface area contributed by atoms with Gasteiger partial charge in [-0.15, -0.1) is 0 Å². The minimum atomic E-state index is -1.30. The highest BCUT2D eigenvalue weighted by Crippen LogP contribution is 2.25. The van der Waals surface area contributed by atoms with E-state index >= 15 is 0 Å². The molecular weight excluding hydrogens is 258 g/mol. The van der Waals surface area contributed by atoms with E-state index in [-0.39, 0.29) is 4.75 Å². The summed E-state index contributed by atoms with van der Waals surface area (Å²) < 4.78 is 20.6. The first kappa shape index (κ1) is 14.4. The molecule has 0 aliphatic rings. The van der Waals surface area contributed by atoms with E-state index in [4.69, 9.17) is 16.3 Å². The van der Waals surface area contributed by atoms with Crippen molar-refractivity contribution in [2.75, 3.05) is 7.11 Å². The number of hydrogen-bond donors (Lipinski definition) is 0. The van der Waals surface area contributed by atoms with Crippen LogP contribution in [-0.4, -0.2) is 22.6 Å². The molecule has 0 radical (unpaired) electrons. The van der Waals surface area contributed by atoms with Crippen molar-refractivity contribution in [3.8, 4) is 5.75 Å². The standard InChI is InChI=1S/C12H16ClNO2S/c1-12(2,3)17(15)14-8-9-10(13)6-5-7-11(9)16-4/h5-8H,1-4H3/t17-/m0/s1. The molecule has 94 valence electrons. The second-order valence-electron chi connectivity index (χ2n) is 4.45. The first-order chi connectivity index (χ1) is 7.86. The smallest absolute Gasteiger partial charge is 0.144 e. The lowest BCUT2D eigenvalue weighted by Gasteiger charge is -2.17. The molecule has 3 nitrogen and oxygen atoms in total. The Balaban J connectivity index is 2.99. The number of halogens is 1. The number of rotatable bonds is 3. The maximum atomic E-state index is 11.8. The zero-order valence-corrected chi connectivity index (χ0v) is 11.9. The molecule has 1 rings (SSSR count). The third-order valence-corrected chi connectivity index (χ3v) is 3.71. The highest BCUT2D eigenvalue weighted by atomic mass is 35.5. The molecule has 0 aliphatic heterocycles. The van der Waals surface area contributed by atoms with Crippen LogP contribution < -0.4 is 4.74 Å². The molecular formula is C12H16ClNO2S. The van der Waals surface area contributed by atoms with Crippen molar-refractivity contribution in [2.45, 2.75) is 25.5 Å². The SMILES string of the molecule is COc1cccc(Cl)c1C=N[S@@+]([O-])C(C)(C)C. The van der Waals surface area contributed by atoms with Crippen molar-refractivity contribution in [1.29, 1.82) is 0 Å². The van der Waals surface area contributed by atoms with E-state index in [1.807, 2.05) is 20.8 Å². The van der Waals surface area contributed by atoms with Gasteiger partial charge < -0.3 is 9.29 Å². The van der Waals surface area contributed by atoms with Crippen LogP contribution in [0.25, 0.3) is 0 Å². The fraction of sp³-hybridized carbons (Fsp3) is 0.417. The van der Waals surface area contributed by atoms with E-state index in [1.165, 1.54) is 6.21 Å². The van der Waals surface area contributed by atoms with Crippen LogP contribution >= 0.6 is 11.6 Å². The molecule has 0 saturated heterocycles. The third-order valence-electron chi connectivity index (χ3n) is 2.03. The molecule has 1 aromatic rings. The Bertz CT molecular complexity index is 415. The summed E-state index contributed by atoms with van der Waals surface area (Å²) >= 11 is 4.73. The van der Waals surface area contributed by atoms with Gasteiger partial charge in [-0.3, -0.25) is 0 Å². The average molecular weight is 274 g/mol. The summed E-state index contributed by atoms with van der Waals surface area (Å²) in [7, 11) is 1.56. The molecule has 0 unspecified atom stereocenters. The summed E-state index contributed by atoms with van der Waals surface area (Å²) in [5.74, 6) is 0.618. The quantitative estimate of drug-likeness (QED) is 0.627. The lowest BCUT2D eigenvalue weighted by molar-refractivity contribution is 0.414. The van der Waals surface area contributed by atoms with Gasteiger partial charge in [-0.05, 0) is 32.9 Å². The minimum Gasteiger partial charge on any atom is -0.591 e. The molecule has 0 heterocycles. The molecule has 1 aromatic carbocycles. The lowest BCUT2D eigenvalue weighted by Crippen LogP contribution is -2.25. The van der Waals surface area contributed by atoms with Crippen molar-refractivity contribution in [3.63, 3.8) is 0 Å². The molecule has 0 spiro atoms. The molecule has 0 amide bonds. The summed E-state index contributed by atoms with van der Waals surface area (Å²) in [6, 6.07) is 5.32. The Hall–Kier alpha value is -0.710. The van der Waals surface area contributed by atoms with Crippen molar-refractivity contribution in [3.05, 3.63) is 28.8 Å². The Morgan fingerprint density at radius 3 is 2.59 bits per heavy atom. The topological polar surface area (TPSA) is 44.6 Å². The van der Waals surface area contributed by atoms with Gasteiger partial charge in [0.05, 0.1) is 23.9 Å². The predicted octanol–water partition coefficient (Wildman–Crippen LogP) is 3.23. The average Bonchev–Trinajstić information content (AvgIpc) is 2.25. The summed E-state index contributed by atoms with van der Waals surface area (Å²) in [6.07, 6.45) is 1.50. The zero-order valence-electron chi connectivity index (χ0n) is 10.4. The molecule has 0 saturated carbocycles. The van der Waals surface area contributed by atoms with Crippen LogP contribution in [0.1, 0.15) is 26.3 Å². The molecule has 0 N–H and O–H groups in total. The van der Waals surface area contributed by atoms with E-state index in [0.29, 0.717) is 16.3 Å². The van der Waals surface area contributed by atoms with Gasteiger partial charge >= 0.3 is 0 Å². The van der Waals surface area contributed by atoms with Gasteiger partial charge in [-0.1, -0.05) is 22.1 Å². The number of nitrogens with zero attached hydrogens (tertiary/aromatic N) is 1. The van der Waals surface area contributed by atoms with Gasteiger partial charge in [0.2, 0.25) is 0 Å². The second-order valence-corrected chi connectivity index (χ2v) is 6.79. The van der Waals surface area contributed by atoms with Crippen molar-refractivity contribution >= 4 is 29.2 Å². The van der Waals surface area contributed by atoms with E-state index in [2.05, 4.69) is 4.40 Å². The van der Waals surface area contributed by atoms with Crippen molar-refractivity contribution in [1.82, 2.24) is 0 Å². The van der Waals surface area contributed by atoms with Crippen LogP contribution in [0.2, 0.25) is 5.02 Å². The Labute approximate surface area is 110 Å². The van der Waals surface area contributed by atoms with Gasteiger partial charge in [0.1, 0.15) is 21.9 Å². The monoisotopic (exact) mass is 273 g/mol. The second kappa shape index (κ2) is 5.76. The number of benzene rings is 1. The molecule has 17 heavy (non-hydrogen) atoms. The van der Waals surface area contributed by atoms with Gasteiger partial charge in [0, 0.05) is 0 Å². The number of ether oxygens (including phenoxy) is 1. The summed E-state index contributed by atoms with van der Waals surface area (Å²) in [4.78, 5) is 0. The third kappa shape index (κ3) is 3.91. The van der Waals surface area contributed by atoms with Gasteiger partial charge in [-0.2, -0.15) is 0 Å². The van der Waals surface area contributed by atoms with E-state index in [9.17, 15) is 4.55 Å².